The van der Waals surface area contributed by atoms with Gasteiger partial charge < -0.3 is 5.32 Å². The maximum atomic E-state index is 12.5. The molecule has 5 rings (SSSR count). The Hall–Kier alpha value is -1.40. The summed E-state index contributed by atoms with van der Waals surface area (Å²) in [7, 11) is -1.03. The molecule has 0 radical (unpaired) electrons. The van der Waals surface area contributed by atoms with Gasteiger partial charge in [-0.05, 0) is 73.0 Å². The van der Waals surface area contributed by atoms with Gasteiger partial charge in [0.15, 0.2) is 0 Å². The van der Waals surface area contributed by atoms with Gasteiger partial charge in [-0.3, -0.25) is 0 Å². The zero-order chi connectivity index (χ0) is 20.9. The third-order valence-corrected chi connectivity index (χ3v) is 9.28. The highest BCUT2D eigenvalue weighted by atomic mass is 35.5. The Morgan fingerprint density at radius 3 is 2.63 bits per heavy atom. The number of halogens is 1. The van der Waals surface area contributed by atoms with E-state index in [-0.39, 0.29) is 0 Å². The van der Waals surface area contributed by atoms with Crippen molar-refractivity contribution < 1.29 is 8.42 Å². The molecule has 2 aliphatic carbocycles. The molecule has 160 valence electrons. The lowest BCUT2D eigenvalue weighted by molar-refractivity contribution is 0.263. The van der Waals surface area contributed by atoms with Gasteiger partial charge in [0.05, 0.1) is 5.75 Å². The number of sulfonamides is 1. The van der Waals surface area contributed by atoms with Crippen molar-refractivity contribution >= 4 is 21.6 Å². The number of nitrogens with one attached hydrogen (secondary N) is 1. The van der Waals surface area contributed by atoms with Crippen molar-refractivity contribution in [1.29, 1.82) is 0 Å². The van der Waals surface area contributed by atoms with E-state index in [2.05, 4.69) is 35.6 Å². The van der Waals surface area contributed by atoms with Crippen molar-refractivity contribution in [3.63, 3.8) is 0 Å². The summed E-state index contributed by atoms with van der Waals surface area (Å²) in [6.45, 7) is 1.25. The van der Waals surface area contributed by atoms with E-state index < -0.39 is 10.0 Å². The second-order valence-electron chi connectivity index (χ2n) is 9.23. The minimum atomic E-state index is -3.07. The van der Waals surface area contributed by atoms with Crippen molar-refractivity contribution in [3.8, 4) is 0 Å². The molecule has 4 nitrogen and oxygen atoms in total. The number of rotatable bonds is 7. The first-order chi connectivity index (χ1) is 14.4. The summed E-state index contributed by atoms with van der Waals surface area (Å²) in [4.78, 5) is 0. The van der Waals surface area contributed by atoms with Crippen LogP contribution in [0.4, 0.5) is 0 Å². The van der Waals surface area contributed by atoms with Gasteiger partial charge >= 0.3 is 0 Å². The van der Waals surface area contributed by atoms with Gasteiger partial charge in [-0.1, -0.05) is 41.9 Å². The van der Waals surface area contributed by atoms with Crippen molar-refractivity contribution in [2.24, 2.45) is 5.92 Å². The number of likely N-dealkylation sites (N-methyl/N-ethyl adjacent to an activating group) is 1. The molecule has 0 spiro atoms. The third kappa shape index (κ3) is 4.05. The zero-order valence-electron chi connectivity index (χ0n) is 17.4. The van der Waals surface area contributed by atoms with E-state index in [0.29, 0.717) is 42.6 Å². The Balaban J connectivity index is 1.33. The fourth-order valence-corrected chi connectivity index (χ4v) is 7.20. The van der Waals surface area contributed by atoms with Gasteiger partial charge in [-0.25, -0.2) is 12.7 Å². The number of hydrogen-bond acceptors (Lipinski definition) is 3. The topological polar surface area (TPSA) is 49.4 Å². The number of fused-ring (bicyclic) bond motifs is 1. The summed E-state index contributed by atoms with van der Waals surface area (Å²) in [5.74, 6) is 1.46. The van der Waals surface area contributed by atoms with E-state index in [9.17, 15) is 8.42 Å². The van der Waals surface area contributed by atoms with Crippen LogP contribution in [-0.4, -0.2) is 44.7 Å². The lowest BCUT2D eigenvalue weighted by atomic mass is 9.87. The van der Waals surface area contributed by atoms with Crippen LogP contribution < -0.4 is 5.32 Å². The number of benzene rings is 2. The van der Waals surface area contributed by atoms with Crippen LogP contribution in [0, 0.1) is 5.92 Å². The van der Waals surface area contributed by atoms with E-state index in [0.717, 1.165) is 30.7 Å². The fourth-order valence-electron chi connectivity index (χ4n) is 5.03. The van der Waals surface area contributed by atoms with E-state index in [1.54, 1.807) is 4.31 Å². The maximum absolute atomic E-state index is 12.5. The molecule has 1 saturated heterocycles. The monoisotopic (exact) mass is 444 g/mol. The lowest BCUT2D eigenvalue weighted by Crippen LogP contribution is -2.49. The Labute approximate surface area is 184 Å². The number of nitrogens with zero attached hydrogens (tertiary/aromatic N) is 1. The molecular weight excluding hydrogens is 416 g/mol. The molecule has 30 heavy (non-hydrogen) atoms. The first-order valence-electron chi connectivity index (χ1n) is 10.9. The number of hydrogen-bond donors (Lipinski definition) is 1. The predicted molar refractivity (Wildman–Crippen MR) is 122 cm³/mol. The molecule has 2 unspecified atom stereocenters. The van der Waals surface area contributed by atoms with E-state index in [1.165, 1.54) is 22.3 Å². The van der Waals surface area contributed by atoms with E-state index in [1.807, 2.05) is 19.2 Å². The summed E-state index contributed by atoms with van der Waals surface area (Å²) < 4.78 is 26.7. The Morgan fingerprint density at radius 1 is 1.13 bits per heavy atom. The van der Waals surface area contributed by atoms with Crippen molar-refractivity contribution in [2.75, 3.05) is 25.9 Å². The van der Waals surface area contributed by atoms with Crippen LogP contribution in [0.25, 0.3) is 0 Å². The van der Waals surface area contributed by atoms with Crippen LogP contribution in [0.15, 0.2) is 42.5 Å². The standard InChI is InChI=1S/C24H29ClN2O2S/c1-26-24-12-19-8-7-18(20-13-27(14-20)30(28,29)15-16-5-6-16)11-22(19)23(24)10-17-3-2-4-21(25)9-17/h2-4,7-9,11,16,20,23-24,26H,5-6,10,12-15H2,1H3. The van der Waals surface area contributed by atoms with Gasteiger partial charge in [0.25, 0.3) is 0 Å². The van der Waals surface area contributed by atoms with Crippen molar-refractivity contribution in [2.45, 2.75) is 43.6 Å². The molecule has 1 aliphatic heterocycles. The van der Waals surface area contributed by atoms with Crippen LogP contribution in [0.1, 0.15) is 46.9 Å². The Bertz CT molecular complexity index is 1040. The predicted octanol–water partition coefficient (Wildman–Crippen LogP) is 3.95. The molecular formula is C24H29ClN2O2S. The Morgan fingerprint density at radius 2 is 1.93 bits per heavy atom. The maximum Gasteiger partial charge on any atom is 0.214 e. The zero-order valence-corrected chi connectivity index (χ0v) is 18.9. The van der Waals surface area contributed by atoms with Crippen molar-refractivity contribution in [1.82, 2.24) is 9.62 Å². The summed E-state index contributed by atoms with van der Waals surface area (Å²) in [5.41, 5.74) is 5.35. The first kappa shape index (κ1) is 20.5. The first-order valence-corrected chi connectivity index (χ1v) is 12.9. The van der Waals surface area contributed by atoms with Crippen LogP contribution in [0.2, 0.25) is 5.02 Å². The summed E-state index contributed by atoms with van der Waals surface area (Å²) in [5, 5.41) is 4.28. The van der Waals surface area contributed by atoms with Crippen LogP contribution in [0.5, 0.6) is 0 Å². The molecule has 2 fully saturated rings. The van der Waals surface area contributed by atoms with Gasteiger partial charge in [-0.2, -0.15) is 0 Å². The third-order valence-electron chi connectivity index (χ3n) is 7.07. The fraction of sp³-hybridized carbons (Fsp3) is 0.500. The molecule has 2 aromatic carbocycles. The second kappa shape index (κ2) is 7.94. The van der Waals surface area contributed by atoms with Gasteiger partial charge in [0.1, 0.15) is 0 Å². The van der Waals surface area contributed by atoms with E-state index >= 15 is 0 Å². The van der Waals surface area contributed by atoms with Gasteiger partial charge in [0.2, 0.25) is 10.0 Å². The Kier molecular flexibility index (Phi) is 5.42. The summed E-state index contributed by atoms with van der Waals surface area (Å²) in [6.07, 6.45) is 4.13. The lowest BCUT2D eigenvalue weighted by Gasteiger charge is -2.38. The molecule has 2 aromatic rings. The quantitative estimate of drug-likeness (QED) is 0.703. The van der Waals surface area contributed by atoms with Gasteiger partial charge in [0, 0.05) is 36.0 Å². The molecule has 2 atom stereocenters. The highest BCUT2D eigenvalue weighted by Gasteiger charge is 2.40. The van der Waals surface area contributed by atoms with Crippen LogP contribution >= 0.6 is 11.6 Å². The smallest absolute Gasteiger partial charge is 0.214 e. The highest BCUT2D eigenvalue weighted by molar-refractivity contribution is 7.89. The average molecular weight is 445 g/mol. The average Bonchev–Trinajstić information content (AvgIpc) is 3.40. The second-order valence-corrected chi connectivity index (χ2v) is 11.7. The molecule has 0 amide bonds. The summed E-state index contributed by atoms with van der Waals surface area (Å²) in [6, 6.07) is 15.4. The normalized spacial score (nSPS) is 24.6. The highest BCUT2D eigenvalue weighted by Crippen LogP contribution is 2.40. The minimum absolute atomic E-state index is 0.310. The largest absolute Gasteiger partial charge is 0.316 e. The molecule has 0 bridgehead atoms. The van der Waals surface area contributed by atoms with Crippen LogP contribution in [-0.2, 0) is 22.9 Å². The molecule has 1 N–H and O–H groups in total. The minimum Gasteiger partial charge on any atom is -0.316 e. The molecule has 1 heterocycles. The van der Waals surface area contributed by atoms with Crippen LogP contribution in [0.3, 0.4) is 0 Å². The van der Waals surface area contributed by atoms with Gasteiger partial charge in [-0.15, -0.1) is 0 Å². The molecule has 0 aromatic heterocycles. The summed E-state index contributed by atoms with van der Waals surface area (Å²) >= 11 is 6.21. The molecule has 6 heteroatoms. The SMILES string of the molecule is CNC1Cc2ccc(C3CN(S(=O)(=O)CC4CC4)C3)cc2C1Cc1cccc(Cl)c1. The molecule has 1 saturated carbocycles. The molecule has 3 aliphatic rings. The van der Waals surface area contributed by atoms with Crippen molar-refractivity contribution in [3.05, 3.63) is 69.7 Å². The van der Waals surface area contributed by atoms with E-state index in [4.69, 9.17) is 11.6 Å².